The summed E-state index contributed by atoms with van der Waals surface area (Å²) in [5.41, 5.74) is 9.12. The first kappa shape index (κ1) is 14.4. The number of benzene rings is 2. The molecule has 0 aliphatic heterocycles. The van der Waals surface area contributed by atoms with Gasteiger partial charge < -0.3 is 15.2 Å². The number of para-hydroxylation sites is 1. The molecule has 0 saturated carbocycles. The zero-order valence-electron chi connectivity index (χ0n) is 12.1. The number of ether oxygens (including phenoxy) is 2. The highest BCUT2D eigenvalue weighted by molar-refractivity contribution is 5.47. The van der Waals surface area contributed by atoms with Gasteiger partial charge in [-0.3, -0.25) is 0 Å². The molecule has 0 fully saturated rings. The number of nitrogens with two attached hydrogens (primary N) is 1. The van der Waals surface area contributed by atoms with Gasteiger partial charge >= 0.3 is 0 Å². The van der Waals surface area contributed by atoms with Crippen LogP contribution in [0, 0.1) is 6.92 Å². The maximum Gasteiger partial charge on any atom is 0.164 e. The van der Waals surface area contributed by atoms with Gasteiger partial charge in [0.05, 0.1) is 7.11 Å². The minimum atomic E-state index is 0.526. The Bertz CT molecular complexity index is 549. The van der Waals surface area contributed by atoms with Crippen LogP contribution in [-0.4, -0.2) is 13.7 Å². The molecule has 0 bridgehead atoms. The minimum absolute atomic E-state index is 0.526. The largest absolute Gasteiger partial charge is 0.493 e. The fourth-order valence-electron chi connectivity index (χ4n) is 2.08. The molecule has 0 aliphatic rings. The zero-order chi connectivity index (χ0) is 14.4. The number of hydrogen-bond donors (Lipinski definition) is 1. The smallest absolute Gasteiger partial charge is 0.164 e. The molecule has 2 aromatic rings. The van der Waals surface area contributed by atoms with E-state index >= 15 is 0 Å². The highest BCUT2D eigenvalue weighted by Crippen LogP contribution is 2.32. The summed E-state index contributed by atoms with van der Waals surface area (Å²) in [5, 5.41) is 0. The SMILES string of the molecule is COc1cccc(CCN)c1OCc1ccc(C)cc1. The fourth-order valence-corrected chi connectivity index (χ4v) is 2.08. The molecule has 2 rings (SSSR count). The number of rotatable bonds is 6. The molecule has 0 heterocycles. The first-order valence-corrected chi connectivity index (χ1v) is 6.79. The van der Waals surface area contributed by atoms with Crippen molar-refractivity contribution in [1.29, 1.82) is 0 Å². The maximum atomic E-state index is 5.96. The molecule has 0 amide bonds. The third kappa shape index (κ3) is 3.52. The summed E-state index contributed by atoms with van der Waals surface area (Å²) in [7, 11) is 1.65. The van der Waals surface area contributed by atoms with Crippen molar-refractivity contribution in [3.8, 4) is 11.5 Å². The van der Waals surface area contributed by atoms with Gasteiger partial charge in [0.2, 0.25) is 0 Å². The second-order valence-corrected chi connectivity index (χ2v) is 4.76. The van der Waals surface area contributed by atoms with Crippen molar-refractivity contribution >= 4 is 0 Å². The van der Waals surface area contributed by atoms with Crippen LogP contribution in [0.25, 0.3) is 0 Å². The lowest BCUT2D eigenvalue weighted by atomic mass is 10.1. The lowest BCUT2D eigenvalue weighted by Gasteiger charge is -2.15. The van der Waals surface area contributed by atoms with E-state index in [0.717, 1.165) is 29.0 Å². The average Bonchev–Trinajstić information content (AvgIpc) is 2.47. The highest BCUT2D eigenvalue weighted by atomic mass is 16.5. The quantitative estimate of drug-likeness (QED) is 0.878. The summed E-state index contributed by atoms with van der Waals surface area (Å²) in [4.78, 5) is 0. The van der Waals surface area contributed by atoms with E-state index in [1.165, 1.54) is 5.56 Å². The molecular weight excluding hydrogens is 250 g/mol. The Labute approximate surface area is 120 Å². The second kappa shape index (κ2) is 6.96. The molecule has 106 valence electrons. The second-order valence-electron chi connectivity index (χ2n) is 4.76. The third-order valence-electron chi connectivity index (χ3n) is 3.20. The lowest BCUT2D eigenvalue weighted by Crippen LogP contribution is -2.06. The topological polar surface area (TPSA) is 44.5 Å². The van der Waals surface area contributed by atoms with E-state index in [-0.39, 0.29) is 0 Å². The van der Waals surface area contributed by atoms with Crippen molar-refractivity contribution in [2.24, 2.45) is 5.73 Å². The predicted octanol–water partition coefficient (Wildman–Crippen LogP) is 3.08. The molecule has 0 aromatic heterocycles. The molecule has 0 atom stereocenters. The summed E-state index contributed by atoms with van der Waals surface area (Å²) in [6.07, 6.45) is 0.778. The van der Waals surface area contributed by atoms with Crippen LogP contribution >= 0.6 is 0 Å². The first-order chi connectivity index (χ1) is 9.74. The molecule has 2 N–H and O–H groups in total. The van der Waals surface area contributed by atoms with E-state index in [0.29, 0.717) is 13.2 Å². The van der Waals surface area contributed by atoms with Crippen LogP contribution in [-0.2, 0) is 13.0 Å². The van der Waals surface area contributed by atoms with E-state index < -0.39 is 0 Å². The molecule has 0 spiro atoms. The summed E-state index contributed by atoms with van der Waals surface area (Å²) in [6.45, 7) is 3.19. The predicted molar refractivity (Wildman–Crippen MR) is 81.3 cm³/mol. The van der Waals surface area contributed by atoms with Crippen LogP contribution < -0.4 is 15.2 Å². The Morgan fingerprint density at radius 2 is 1.80 bits per heavy atom. The maximum absolute atomic E-state index is 5.96. The standard InChI is InChI=1S/C17H21NO2/c1-13-6-8-14(9-7-13)12-20-17-15(10-11-18)4-3-5-16(17)19-2/h3-9H,10-12,18H2,1-2H3. The van der Waals surface area contributed by atoms with Gasteiger partial charge in [-0.2, -0.15) is 0 Å². The number of hydrogen-bond acceptors (Lipinski definition) is 3. The Hall–Kier alpha value is -2.00. The van der Waals surface area contributed by atoms with Gasteiger partial charge in [0.15, 0.2) is 11.5 Å². The van der Waals surface area contributed by atoms with Crippen molar-refractivity contribution in [2.45, 2.75) is 20.0 Å². The summed E-state index contributed by atoms with van der Waals surface area (Å²) in [6, 6.07) is 14.2. The van der Waals surface area contributed by atoms with E-state index in [1.807, 2.05) is 18.2 Å². The van der Waals surface area contributed by atoms with Crippen LogP contribution in [0.5, 0.6) is 11.5 Å². The summed E-state index contributed by atoms with van der Waals surface area (Å²) >= 11 is 0. The third-order valence-corrected chi connectivity index (χ3v) is 3.20. The average molecular weight is 271 g/mol. The molecule has 0 saturated heterocycles. The van der Waals surface area contributed by atoms with Crippen LogP contribution in [0.3, 0.4) is 0 Å². The van der Waals surface area contributed by atoms with Crippen molar-refractivity contribution in [1.82, 2.24) is 0 Å². The Balaban J connectivity index is 2.16. The molecule has 0 aliphatic carbocycles. The Morgan fingerprint density at radius 3 is 2.45 bits per heavy atom. The summed E-state index contributed by atoms with van der Waals surface area (Å²) < 4.78 is 11.3. The van der Waals surface area contributed by atoms with E-state index in [4.69, 9.17) is 15.2 Å². The number of methoxy groups -OCH3 is 1. The molecule has 2 aromatic carbocycles. The molecular formula is C17H21NO2. The molecule has 20 heavy (non-hydrogen) atoms. The molecule has 0 radical (unpaired) electrons. The van der Waals surface area contributed by atoms with Crippen LogP contribution in [0.1, 0.15) is 16.7 Å². The van der Waals surface area contributed by atoms with Crippen molar-refractivity contribution in [3.63, 3.8) is 0 Å². The van der Waals surface area contributed by atoms with Crippen LogP contribution in [0.15, 0.2) is 42.5 Å². The van der Waals surface area contributed by atoms with Crippen molar-refractivity contribution < 1.29 is 9.47 Å². The lowest BCUT2D eigenvalue weighted by molar-refractivity contribution is 0.281. The van der Waals surface area contributed by atoms with Gasteiger partial charge in [-0.05, 0) is 37.1 Å². The van der Waals surface area contributed by atoms with Gasteiger partial charge in [-0.15, -0.1) is 0 Å². The zero-order valence-corrected chi connectivity index (χ0v) is 12.1. The normalized spacial score (nSPS) is 10.3. The Kier molecular flexibility index (Phi) is 5.02. The monoisotopic (exact) mass is 271 g/mol. The van der Waals surface area contributed by atoms with Gasteiger partial charge in [0.25, 0.3) is 0 Å². The van der Waals surface area contributed by atoms with E-state index in [1.54, 1.807) is 7.11 Å². The summed E-state index contributed by atoms with van der Waals surface area (Å²) in [5.74, 6) is 1.55. The first-order valence-electron chi connectivity index (χ1n) is 6.79. The van der Waals surface area contributed by atoms with Gasteiger partial charge in [-0.1, -0.05) is 42.0 Å². The minimum Gasteiger partial charge on any atom is -0.493 e. The van der Waals surface area contributed by atoms with Crippen LogP contribution in [0.2, 0.25) is 0 Å². The fraction of sp³-hybridized carbons (Fsp3) is 0.294. The van der Waals surface area contributed by atoms with Crippen LogP contribution in [0.4, 0.5) is 0 Å². The van der Waals surface area contributed by atoms with E-state index in [2.05, 4.69) is 31.2 Å². The molecule has 0 unspecified atom stereocenters. The van der Waals surface area contributed by atoms with Crippen molar-refractivity contribution in [3.05, 3.63) is 59.2 Å². The number of aryl methyl sites for hydroxylation is 1. The molecule has 3 nitrogen and oxygen atoms in total. The highest BCUT2D eigenvalue weighted by Gasteiger charge is 2.10. The molecule has 3 heteroatoms. The van der Waals surface area contributed by atoms with Gasteiger partial charge in [0.1, 0.15) is 6.61 Å². The van der Waals surface area contributed by atoms with Crippen molar-refractivity contribution in [2.75, 3.05) is 13.7 Å². The van der Waals surface area contributed by atoms with E-state index in [9.17, 15) is 0 Å². The van der Waals surface area contributed by atoms with Gasteiger partial charge in [-0.25, -0.2) is 0 Å². The van der Waals surface area contributed by atoms with Gasteiger partial charge in [0, 0.05) is 0 Å². The Morgan fingerprint density at radius 1 is 1.05 bits per heavy atom.